The van der Waals surface area contributed by atoms with E-state index in [1.165, 1.54) is 18.2 Å². The molecule has 0 aliphatic carbocycles. The Labute approximate surface area is 280 Å². The minimum atomic E-state index is -1.48. The van der Waals surface area contributed by atoms with E-state index in [1.54, 1.807) is 47.4 Å². The van der Waals surface area contributed by atoms with Crippen molar-refractivity contribution >= 4 is 46.7 Å². The summed E-state index contributed by atoms with van der Waals surface area (Å²) in [7, 11) is 0. The van der Waals surface area contributed by atoms with Crippen molar-refractivity contribution in [2.75, 3.05) is 18.5 Å². The minimum absolute atomic E-state index is 0.104. The Kier molecular flexibility index (Phi) is 7.94. The largest absolute Gasteiger partial charge is 0.494 e. The number of rotatable bonds is 8. The standard InChI is InChI=1S/C36H30Cl2FN3O5/c1-2-47-24-6-3-5-21(15-24)18-42-29-19-41(17-20-9-11-22(12-10-20)34(44)45)33(43)30(29)31(25-7-4-8-27(38)32(25)39)36(42)26-14-13-23(37)16-28(26)40-35(36)46/h3-16,29-31H,2,17-19H2,1H3,(H,40,46)(H,44,45)/t29-,30+,31-,36-/m0/s1. The summed E-state index contributed by atoms with van der Waals surface area (Å²) in [6, 6.07) is 23.3. The van der Waals surface area contributed by atoms with Gasteiger partial charge in [-0.25, -0.2) is 9.18 Å². The lowest BCUT2D eigenvalue weighted by Gasteiger charge is -2.41. The highest BCUT2D eigenvalue weighted by atomic mass is 35.5. The van der Waals surface area contributed by atoms with Crippen molar-refractivity contribution in [2.24, 2.45) is 5.92 Å². The third-order valence-corrected chi connectivity index (χ3v) is 10.0. The topological polar surface area (TPSA) is 99.2 Å². The molecule has 7 rings (SSSR count). The summed E-state index contributed by atoms with van der Waals surface area (Å²) >= 11 is 12.7. The number of halogens is 3. The van der Waals surface area contributed by atoms with E-state index in [0.717, 1.165) is 11.1 Å². The average molecular weight is 675 g/mol. The predicted molar refractivity (Wildman–Crippen MR) is 175 cm³/mol. The lowest BCUT2D eigenvalue weighted by molar-refractivity contribution is -0.133. The molecule has 1 spiro atoms. The first kappa shape index (κ1) is 31.2. The molecular weight excluding hydrogens is 644 g/mol. The van der Waals surface area contributed by atoms with Gasteiger partial charge in [-0.2, -0.15) is 0 Å². The Balaban J connectivity index is 1.40. The monoisotopic (exact) mass is 673 g/mol. The van der Waals surface area contributed by atoms with Crippen molar-refractivity contribution in [3.05, 3.63) is 129 Å². The molecule has 11 heteroatoms. The van der Waals surface area contributed by atoms with Crippen molar-refractivity contribution < 1.29 is 28.6 Å². The van der Waals surface area contributed by atoms with E-state index in [2.05, 4.69) is 5.32 Å². The fourth-order valence-electron chi connectivity index (χ4n) is 7.68. The minimum Gasteiger partial charge on any atom is -0.494 e. The normalized spacial score (nSPS) is 23.2. The molecule has 0 saturated carbocycles. The first-order valence-electron chi connectivity index (χ1n) is 15.3. The number of fused-ring (bicyclic) bond motifs is 3. The van der Waals surface area contributed by atoms with Gasteiger partial charge in [0, 0.05) is 47.9 Å². The molecule has 3 heterocycles. The van der Waals surface area contributed by atoms with Crippen LogP contribution in [0.15, 0.2) is 84.9 Å². The number of carboxylic acids is 1. The number of carboxylic acid groups (broad SMARTS) is 1. The molecule has 8 nitrogen and oxygen atoms in total. The van der Waals surface area contributed by atoms with Gasteiger partial charge in [-0.3, -0.25) is 14.5 Å². The summed E-state index contributed by atoms with van der Waals surface area (Å²) in [5.41, 5.74) is 1.55. The van der Waals surface area contributed by atoms with E-state index in [1.807, 2.05) is 36.1 Å². The number of amides is 2. The third-order valence-electron chi connectivity index (χ3n) is 9.52. The smallest absolute Gasteiger partial charge is 0.335 e. The second-order valence-electron chi connectivity index (χ2n) is 12.1. The number of hydrogen-bond acceptors (Lipinski definition) is 5. The second kappa shape index (κ2) is 12.0. The molecule has 2 fully saturated rings. The Morgan fingerprint density at radius 3 is 2.51 bits per heavy atom. The van der Waals surface area contributed by atoms with Crippen LogP contribution in [0.1, 0.15) is 45.5 Å². The van der Waals surface area contributed by atoms with Gasteiger partial charge in [0.05, 0.1) is 23.1 Å². The number of nitrogens with zero attached hydrogens (tertiary/aromatic N) is 2. The zero-order valence-electron chi connectivity index (χ0n) is 25.3. The van der Waals surface area contributed by atoms with Crippen LogP contribution >= 0.6 is 23.2 Å². The second-order valence-corrected chi connectivity index (χ2v) is 12.9. The fraction of sp³-hybridized carbons (Fsp3) is 0.250. The molecule has 47 heavy (non-hydrogen) atoms. The van der Waals surface area contributed by atoms with Crippen molar-refractivity contribution in [2.45, 2.75) is 37.5 Å². The molecule has 3 aliphatic heterocycles. The Hall–Kier alpha value is -4.44. The zero-order valence-corrected chi connectivity index (χ0v) is 26.8. The highest BCUT2D eigenvalue weighted by Gasteiger charge is 2.70. The SMILES string of the molecule is CCOc1cccc(CN2[C@H]3CN(Cc4ccc(C(=O)O)cc4)C(=O)[C@H]3[C@H](c3cccc(Cl)c3F)[C@@]23C(=O)Nc2cc(Cl)ccc23)c1. The Bertz CT molecular complexity index is 1920. The molecule has 4 aromatic carbocycles. The van der Waals surface area contributed by atoms with Gasteiger partial charge in [0.1, 0.15) is 17.1 Å². The number of hydrogen-bond donors (Lipinski definition) is 2. The van der Waals surface area contributed by atoms with E-state index in [0.29, 0.717) is 28.6 Å². The molecule has 2 saturated heterocycles. The van der Waals surface area contributed by atoms with Crippen LogP contribution in [0.25, 0.3) is 0 Å². The van der Waals surface area contributed by atoms with Crippen LogP contribution in [-0.2, 0) is 28.2 Å². The van der Waals surface area contributed by atoms with Crippen LogP contribution in [0.2, 0.25) is 10.0 Å². The van der Waals surface area contributed by atoms with Gasteiger partial charge in [0.2, 0.25) is 11.8 Å². The molecule has 3 aliphatic rings. The number of carbonyl (C=O) groups is 3. The van der Waals surface area contributed by atoms with Gasteiger partial charge in [-0.05, 0) is 66.1 Å². The molecule has 240 valence electrons. The molecule has 0 aromatic heterocycles. The lowest BCUT2D eigenvalue weighted by Crippen LogP contribution is -2.53. The van der Waals surface area contributed by atoms with Gasteiger partial charge in [0.25, 0.3) is 0 Å². The number of anilines is 1. The van der Waals surface area contributed by atoms with E-state index in [9.17, 15) is 19.5 Å². The Morgan fingerprint density at radius 1 is 1.00 bits per heavy atom. The van der Waals surface area contributed by atoms with Crippen LogP contribution < -0.4 is 10.1 Å². The molecule has 2 amide bonds. The highest BCUT2D eigenvalue weighted by molar-refractivity contribution is 6.31. The number of nitrogens with one attached hydrogen (secondary N) is 1. The van der Waals surface area contributed by atoms with E-state index < -0.39 is 35.2 Å². The Morgan fingerprint density at radius 2 is 1.77 bits per heavy atom. The molecule has 0 radical (unpaired) electrons. The number of likely N-dealkylation sites (tertiary alicyclic amines) is 2. The van der Waals surface area contributed by atoms with Crippen molar-refractivity contribution in [3.8, 4) is 5.75 Å². The summed E-state index contributed by atoms with van der Waals surface area (Å²) in [6.07, 6.45) is 0. The fourth-order valence-corrected chi connectivity index (χ4v) is 8.04. The molecule has 0 unspecified atom stereocenters. The lowest BCUT2D eigenvalue weighted by atomic mass is 9.71. The van der Waals surface area contributed by atoms with E-state index in [4.69, 9.17) is 27.9 Å². The number of ether oxygens (including phenoxy) is 1. The number of aromatic carboxylic acids is 1. The molecule has 0 bridgehead atoms. The molecule has 4 aromatic rings. The van der Waals surface area contributed by atoms with Gasteiger partial charge in [-0.1, -0.05) is 65.7 Å². The quantitative estimate of drug-likeness (QED) is 0.216. The van der Waals surface area contributed by atoms with Crippen LogP contribution in [0.4, 0.5) is 10.1 Å². The van der Waals surface area contributed by atoms with Crippen LogP contribution in [-0.4, -0.2) is 51.9 Å². The molecule has 2 N–H and O–H groups in total. The molecule has 4 atom stereocenters. The summed E-state index contributed by atoms with van der Waals surface area (Å²) < 4.78 is 22.0. The number of carbonyl (C=O) groups excluding carboxylic acids is 2. The summed E-state index contributed by atoms with van der Waals surface area (Å²) in [5.74, 6) is -3.42. The van der Waals surface area contributed by atoms with Crippen molar-refractivity contribution in [1.82, 2.24) is 9.80 Å². The predicted octanol–water partition coefficient (Wildman–Crippen LogP) is 6.70. The first-order chi connectivity index (χ1) is 22.6. The maximum atomic E-state index is 16.2. The van der Waals surface area contributed by atoms with Crippen LogP contribution in [0.5, 0.6) is 5.75 Å². The first-order valence-corrected chi connectivity index (χ1v) is 16.0. The number of benzene rings is 4. The van der Waals surface area contributed by atoms with Gasteiger partial charge < -0.3 is 20.1 Å². The van der Waals surface area contributed by atoms with Crippen LogP contribution in [0, 0.1) is 11.7 Å². The van der Waals surface area contributed by atoms with Crippen LogP contribution in [0.3, 0.4) is 0 Å². The van der Waals surface area contributed by atoms with Crippen molar-refractivity contribution in [3.63, 3.8) is 0 Å². The maximum Gasteiger partial charge on any atom is 0.335 e. The van der Waals surface area contributed by atoms with Gasteiger partial charge in [0.15, 0.2) is 0 Å². The maximum absolute atomic E-state index is 16.2. The zero-order chi connectivity index (χ0) is 33.0. The van der Waals surface area contributed by atoms with Gasteiger partial charge in [-0.15, -0.1) is 0 Å². The molecular formula is C36H30Cl2FN3O5. The third kappa shape index (κ3) is 5.04. The summed E-state index contributed by atoms with van der Waals surface area (Å²) in [5, 5.41) is 12.7. The van der Waals surface area contributed by atoms with Gasteiger partial charge >= 0.3 is 5.97 Å². The van der Waals surface area contributed by atoms with E-state index in [-0.39, 0.29) is 47.6 Å². The average Bonchev–Trinajstić information content (AvgIpc) is 3.61. The van der Waals surface area contributed by atoms with Crippen molar-refractivity contribution in [1.29, 1.82) is 0 Å². The highest BCUT2D eigenvalue weighted by Crippen LogP contribution is 2.62. The van der Waals surface area contributed by atoms with E-state index >= 15 is 4.39 Å². The summed E-state index contributed by atoms with van der Waals surface area (Å²) in [6.45, 7) is 3.10. The summed E-state index contributed by atoms with van der Waals surface area (Å²) in [4.78, 5) is 44.3.